The van der Waals surface area contributed by atoms with Crippen LogP contribution in [0.1, 0.15) is 19.3 Å². The fourth-order valence-electron chi connectivity index (χ4n) is 2.80. The lowest BCUT2D eigenvalue weighted by molar-refractivity contribution is 0.294. The van der Waals surface area contributed by atoms with Crippen molar-refractivity contribution in [1.29, 1.82) is 0 Å². The summed E-state index contributed by atoms with van der Waals surface area (Å²) < 4.78 is 23.5. The van der Waals surface area contributed by atoms with E-state index in [0.29, 0.717) is 19.3 Å². The fraction of sp³-hybridized carbons (Fsp3) is 0.250. The number of alkyl halides is 1. The van der Waals surface area contributed by atoms with Crippen molar-refractivity contribution >= 4 is 11.0 Å². The van der Waals surface area contributed by atoms with Crippen molar-refractivity contribution in [3.05, 3.63) is 40.6 Å². The number of hydrogen-bond acceptors (Lipinski definition) is 7. The number of benzene rings is 2. The first-order valence-corrected chi connectivity index (χ1v) is 8.66. The summed E-state index contributed by atoms with van der Waals surface area (Å²) in [4.78, 5) is 12.9. The van der Waals surface area contributed by atoms with Crippen LogP contribution in [0.4, 0.5) is 4.39 Å². The van der Waals surface area contributed by atoms with Gasteiger partial charge in [0, 0.05) is 17.7 Å². The fourth-order valence-corrected chi connectivity index (χ4v) is 2.80. The molecule has 0 aliphatic rings. The van der Waals surface area contributed by atoms with E-state index in [1.807, 2.05) is 0 Å². The molecule has 0 saturated heterocycles. The number of hydrogen-bond donors (Lipinski definition) is 4. The molecular weight excluding hydrogens is 371 g/mol. The van der Waals surface area contributed by atoms with E-state index in [-0.39, 0.29) is 46.1 Å². The Hall–Kier alpha value is -3.42. The molecule has 3 aromatic rings. The summed E-state index contributed by atoms with van der Waals surface area (Å²) in [6, 6.07) is 6.01. The van der Waals surface area contributed by atoms with Crippen molar-refractivity contribution in [1.82, 2.24) is 0 Å². The minimum Gasteiger partial charge on any atom is -0.508 e. The zero-order valence-corrected chi connectivity index (χ0v) is 14.8. The quantitative estimate of drug-likeness (QED) is 0.358. The highest BCUT2D eigenvalue weighted by Crippen LogP contribution is 2.38. The molecular formula is C20H19FO7. The number of halogens is 1. The summed E-state index contributed by atoms with van der Waals surface area (Å²) >= 11 is 0. The first-order chi connectivity index (χ1) is 13.4. The molecule has 148 valence electrons. The van der Waals surface area contributed by atoms with Crippen LogP contribution in [0.15, 0.2) is 39.5 Å². The van der Waals surface area contributed by atoms with E-state index in [9.17, 15) is 29.6 Å². The number of aromatic hydroxyl groups is 4. The lowest BCUT2D eigenvalue weighted by atomic mass is 10.1. The Bertz CT molecular complexity index is 1060. The number of fused-ring (bicyclic) bond motifs is 1. The molecule has 0 radical (unpaired) electrons. The molecule has 1 aromatic heterocycles. The van der Waals surface area contributed by atoms with Crippen molar-refractivity contribution in [2.45, 2.75) is 19.3 Å². The first-order valence-electron chi connectivity index (χ1n) is 8.66. The van der Waals surface area contributed by atoms with E-state index in [4.69, 9.17) is 9.15 Å². The smallest absolute Gasteiger partial charge is 0.239 e. The van der Waals surface area contributed by atoms with Gasteiger partial charge in [0.2, 0.25) is 11.2 Å². The van der Waals surface area contributed by atoms with Gasteiger partial charge in [-0.1, -0.05) is 0 Å². The number of phenols is 4. The van der Waals surface area contributed by atoms with Crippen LogP contribution in [0.2, 0.25) is 0 Å². The second kappa shape index (κ2) is 8.08. The summed E-state index contributed by atoms with van der Waals surface area (Å²) in [6.45, 7) is -0.320. The molecule has 0 bridgehead atoms. The summed E-state index contributed by atoms with van der Waals surface area (Å²) in [6.07, 6.45) is 1.46. The Labute approximate surface area is 158 Å². The Kier molecular flexibility index (Phi) is 5.58. The lowest BCUT2D eigenvalue weighted by Gasteiger charge is -2.13. The molecule has 3 rings (SSSR count). The molecule has 0 amide bonds. The Morgan fingerprint density at radius 2 is 1.71 bits per heavy atom. The van der Waals surface area contributed by atoms with Crippen molar-refractivity contribution < 1.29 is 34.0 Å². The van der Waals surface area contributed by atoms with Gasteiger partial charge in [-0.25, -0.2) is 0 Å². The minimum absolute atomic E-state index is 0.0386. The third-order valence-electron chi connectivity index (χ3n) is 4.18. The first kappa shape index (κ1) is 19.3. The maximum Gasteiger partial charge on any atom is 0.239 e. The van der Waals surface area contributed by atoms with Crippen LogP contribution < -0.4 is 10.2 Å². The van der Waals surface area contributed by atoms with Gasteiger partial charge in [0.05, 0.1) is 13.3 Å². The normalized spacial score (nSPS) is 11.0. The third kappa shape index (κ3) is 3.80. The molecule has 0 saturated carbocycles. The number of rotatable bonds is 7. The molecule has 0 fully saturated rings. The van der Waals surface area contributed by atoms with E-state index in [1.165, 1.54) is 24.3 Å². The van der Waals surface area contributed by atoms with Crippen molar-refractivity contribution in [3.63, 3.8) is 0 Å². The maximum absolute atomic E-state index is 12.9. The van der Waals surface area contributed by atoms with Crippen molar-refractivity contribution in [2.24, 2.45) is 0 Å². The molecule has 1 heterocycles. The van der Waals surface area contributed by atoms with Gasteiger partial charge in [0.25, 0.3) is 0 Å². The molecule has 2 aromatic carbocycles. The van der Waals surface area contributed by atoms with Crippen molar-refractivity contribution in [3.8, 4) is 40.1 Å². The van der Waals surface area contributed by atoms with Gasteiger partial charge in [-0.2, -0.15) is 0 Å². The summed E-state index contributed by atoms with van der Waals surface area (Å²) in [7, 11) is 0. The Morgan fingerprint density at radius 1 is 0.929 bits per heavy atom. The van der Waals surface area contributed by atoms with Crippen LogP contribution in [0.3, 0.4) is 0 Å². The number of phenolic OH excluding ortho intramolecular Hbond substituents is 4. The molecule has 28 heavy (non-hydrogen) atoms. The Balaban J connectivity index is 2.14. The second-order valence-electron chi connectivity index (χ2n) is 6.23. The highest BCUT2D eigenvalue weighted by Gasteiger charge is 2.21. The largest absolute Gasteiger partial charge is 0.508 e. The van der Waals surface area contributed by atoms with Gasteiger partial charge in [-0.3, -0.25) is 9.18 Å². The monoisotopic (exact) mass is 390 g/mol. The molecule has 0 atom stereocenters. The summed E-state index contributed by atoms with van der Waals surface area (Å²) in [5.41, 5.74) is -0.488. The highest BCUT2D eigenvalue weighted by atomic mass is 19.1. The zero-order chi connectivity index (χ0) is 20.3. The average Bonchev–Trinajstić information content (AvgIpc) is 2.64. The van der Waals surface area contributed by atoms with Crippen LogP contribution in [0.25, 0.3) is 22.3 Å². The van der Waals surface area contributed by atoms with Gasteiger partial charge in [0.1, 0.15) is 22.5 Å². The van der Waals surface area contributed by atoms with E-state index < -0.39 is 23.6 Å². The zero-order valence-electron chi connectivity index (χ0n) is 14.8. The van der Waals surface area contributed by atoms with Crippen LogP contribution in [0.5, 0.6) is 28.7 Å². The van der Waals surface area contributed by atoms with Gasteiger partial charge >= 0.3 is 0 Å². The molecule has 0 aliphatic heterocycles. The maximum atomic E-state index is 12.9. The van der Waals surface area contributed by atoms with E-state index in [1.54, 1.807) is 0 Å². The summed E-state index contributed by atoms with van der Waals surface area (Å²) in [5, 5.41) is 38.8. The van der Waals surface area contributed by atoms with Crippen LogP contribution in [-0.2, 0) is 0 Å². The molecule has 0 aliphatic carbocycles. The van der Waals surface area contributed by atoms with Gasteiger partial charge in [-0.15, -0.1) is 0 Å². The molecule has 7 nitrogen and oxygen atoms in total. The average molecular weight is 390 g/mol. The third-order valence-corrected chi connectivity index (χ3v) is 4.18. The number of unbranched alkanes of at least 4 members (excludes halogenated alkanes) is 2. The lowest BCUT2D eigenvalue weighted by Crippen LogP contribution is -2.11. The SMILES string of the molecule is O=c1c(OCCCCCF)c(-c2ccc(O)c(O)c2)oc2cc(O)cc(O)c12. The van der Waals surface area contributed by atoms with Gasteiger partial charge < -0.3 is 29.6 Å². The summed E-state index contributed by atoms with van der Waals surface area (Å²) in [5.74, 6) is -1.77. The molecule has 8 heteroatoms. The minimum atomic E-state index is -0.660. The second-order valence-corrected chi connectivity index (χ2v) is 6.23. The predicted octanol–water partition coefficient (Wildman–Crippen LogP) is 3.80. The van der Waals surface area contributed by atoms with E-state index >= 15 is 0 Å². The molecule has 4 N–H and O–H groups in total. The van der Waals surface area contributed by atoms with Crippen molar-refractivity contribution in [2.75, 3.05) is 13.3 Å². The van der Waals surface area contributed by atoms with Gasteiger partial charge in [-0.05, 0) is 37.5 Å². The highest BCUT2D eigenvalue weighted by molar-refractivity contribution is 5.88. The predicted molar refractivity (Wildman–Crippen MR) is 99.9 cm³/mol. The molecule has 0 spiro atoms. The topological polar surface area (TPSA) is 120 Å². The van der Waals surface area contributed by atoms with Gasteiger partial charge in [0.15, 0.2) is 17.3 Å². The van der Waals surface area contributed by atoms with Crippen LogP contribution >= 0.6 is 0 Å². The van der Waals surface area contributed by atoms with E-state index in [0.717, 1.165) is 6.07 Å². The Morgan fingerprint density at radius 3 is 2.43 bits per heavy atom. The van der Waals surface area contributed by atoms with Crippen LogP contribution in [-0.4, -0.2) is 33.7 Å². The standard InChI is InChI=1S/C20H19FO7/c21-6-2-1-3-7-27-20-18(26)17-15(25)9-12(22)10-16(17)28-19(20)11-4-5-13(23)14(24)8-11/h4-5,8-10,22-25H,1-3,6-7H2. The number of ether oxygens (including phenoxy) is 1. The molecule has 0 unspecified atom stereocenters. The van der Waals surface area contributed by atoms with Crippen LogP contribution in [0, 0.1) is 0 Å². The van der Waals surface area contributed by atoms with E-state index in [2.05, 4.69) is 0 Å².